The summed E-state index contributed by atoms with van der Waals surface area (Å²) in [7, 11) is -3.15. The van der Waals surface area contributed by atoms with Gasteiger partial charge in [-0.15, -0.1) is 0 Å². The summed E-state index contributed by atoms with van der Waals surface area (Å²) in [6, 6.07) is -0.933. The van der Waals surface area contributed by atoms with Crippen molar-refractivity contribution in [1.82, 2.24) is 10.6 Å². The Bertz CT molecular complexity index is 426. The Kier molecular flexibility index (Phi) is 6.44. The Morgan fingerprint density at radius 1 is 1.26 bits per heavy atom. The molecule has 0 saturated carbocycles. The van der Waals surface area contributed by atoms with Gasteiger partial charge in [0.05, 0.1) is 18.3 Å². The Balaban J connectivity index is 4.07. The number of nitrogens with one attached hydrogen (secondary N) is 2. The van der Waals surface area contributed by atoms with E-state index >= 15 is 0 Å². The lowest BCUT2D eigenvalue weighted by atomic mass is 10.1. The van der Waals surface area contributed by atoms with Gasteiger partial charge < -0.3 is 16.4 Å². The van der Waals surface area contributed by atoms with E-state index in [0.29, 0.717) is 0 Å². The third-order valence-electron chi connectivity index (χ3n) is 2.07. The number of hydrogen-bond donors (Lipinski definition) is 3. The molecule has 2 amide bonds. The molecule has 0 aromatic carbocycles. The lowest BCUT2D eigenvalue weighted by Gasteiger charge is -2.21. The van der Waals surface area contributed by atoms with E-state index < -0.39 is 21.8 Å². The fourth-order valence-electron chi connectivity index (χ4n) is 1.23. The average Bonchev–Trinajstić information content (AvgIpc) is 2.19. The number of carbonyl (C=O) groups excluding carboxylic acids is 2. The van der Waals surface area contributed by atoms with Crippen LogP contribution in [0.1, 0.15) is 27.2 Å². The number of rotatable bonds is 6. The molecule has 0 aromatic heterocycles. The molecular formula is C11H23N3O4S. The third kappa shape index (κ3) is 10.5. The number of hydrogen-bond acceptors (Lipinski definition) is 5. The minimum atomic E-state index is -3.15. The molecule has 0 spiro atoms. The fourth-order valence-corrected chi connectivity index (χ4v) is 1.92. The van der Waals surface area contributed by atoms with Gasteiger partial charge in [0, 0.05) is 11.8 Å². The summed E-state index contributed by atoms with van der Waals surface area (Å²) >= 11 is 0. The second-order valence-corrected chi connectivity index (χ2v) is 7.80. The third-order valence-corrected chi connectivity index (χ3v) is 3.05. The van der Waals surface area contributed by atoms with E-state index in [1.165, 1.54) is 0 Å². The minimum absolute atomic E-state index is 0.0333. The van der Waals surface area contributed by atoms with Gasteiger partial charge in [0.25, 0.3) is 0 Å². The molecule has 0 radical (unpaired) electrons. The fraction of sp³-hybridized carbons (Fsp3) is 0.818. The van der Waals surface area contributed by atoms with Gasteiger partial charge in [-0.3, -0.25) is 9.59 Å². The van der Waals surface area contributed by atoms with E-state index in [0.717, 1.165) is 6.26 Å². The first-order chi connectivity index (χ1) is 8.41. The van der Waals surface area contributed by atoms with E-state index in [1.54, 1.807) is 0 Å². The predicted octanol–water partition coefficient (Wildman–Crippen LogP) is -1.22. The topological polar surface area (TPSA) is 118 Å². The quantitative estimate of drug-likeness (QED) is 0.567. The number of nitrogens with two attached hydrogens (primary N) is 1. The number of carbonyl (C=O) groups is 2. The van der Waals surface area contributed by atoms with Crippen molar-refractivity contribution in [2.24, 2.45) is 5.73 Å². The van der Waals surface area contributed by atoms with Crippen LogP contribution in [-0.2, 0) is 19.4 Å². The first-order valence-corrected chi connectivity index (χ1v) is 7.99. The van der Waals surface area contributed by atoms with E-state index in [-0.39, 0.29) is 30.2 Å². The molecule has 0 aliphatic rings. The maximum atomic E-state index is 11.5. The highest BCUT2D eigenvalue weighted by Gasteiger charge is 2.18. The Morgan fingerprint density at radius 2 is 1.79 bits per heavy atom. The molecule has 0 bridgehead atoms. The molecule has 0 heterocycles. The van der Waals surface area contributed by atoms with Gasteiger partial charge in [-0.1, -0.05) is 0 Å². The van der Waals surface area contributed by atoms with E-state index in [9.17, 15) is 18.0 Å². The van der Waals surface area contributed by atoms with Gasteiger partial charge in [-0.2, -0.15) is 0 Å². The molecule has 4 N–H and O–H groups in total. The molecule has 0 rings (SSSR count). The Morgan fingerprint density at radius 3 is 2.21 bits per heavy atom. The number of sulfone groups is 1. The highest BCUT2D eigenvalue weighted by atomic mass is 32.2. The van der Waals surface area contributed by atoms with Crippen molar-refractivity contribution in [2.75, 3.05) is 18.6 Å². The van der Waals surface area contributed by atoms with Gasteiger partial charge >= 0.3 is 0 Å². The van der Waals surface area contributed by atoms with Crippen LogP contribution in [0, 0.1) is 0 Å². The van der Waals surface area contributed by atoms with Crippen molar-refractivity contribution in [1.29, 1.82) is 0 Å². The first kappa shape index (κ1) is 17.8. The largest absolute Gasteiger partial charge is 0.350 e. The first-order valence-electron chi connectivity index (χ1n) is 5.93. The van der Waals surface area contributed by atoms with Crippen LogP contribution in [0.5, 0.6) is 0 Å². The SMILES string of the molecule is CC(C)(C)NC(=O)CNC(=O)C(N)CCS(C)(=O)=O. The number of amides is 2. The van der Waals surface area contributed by atoms with Crippen molar-refractivity contribution >= 4 is 21.7 Å². The van der Waals surface area contributed by atoms with Crippen LogP contribution < -0.4 is 16.4 Å². The summed E-state index contributed by atoms with van der Waals surface area (Å²) in [6.07, 6.45) is 1.11. The summed E-state index contributed by atoms with van der Waals surface area (Å²) in [5.41, 5.74) is 5.15. The van der Waals surface area contributed by atoms with Crippen molar-refractivity contribution in [3.05, 3.63) is 0 Å². The minimum Gasteiger partial charge on any atom is -0.350 e. The normalized spacial score (nSPS) is 13.7. The molecule has 8 heteroatoms. The highest BCUT2D eigenvalue weighted by molar-refractivity contribution is 7.90. The van der Waals surface area contributed by atoms with Crippen LogP contribution in [0.3, 0.4) is 0 Å². The standard InChI is InChI=1S/C11H23N3O4S/c1-11(2,3)14-9(15)7-13-10(16)8(12)5-6-19(4,17)18/h8H,5-7,12H2,1-4H3,(H,13,16)(H,14,15). The molecule has 1 unspecified atom stereocenters. The van der Waals surface area contributed by atoms with E-state index in [2.05, 4.69) is 10.6 Å². The van der Waals surface area contributed by atoms with Crippen LogP contribution >= 0.6 is 0 Å². The van der Waals surface area contributed by atoms with Crippen molar-refractivity contribution < 1.29 is 18.0 Å². The van der Waals surface area contributed by atoms with Crippen molar-refractivity contribution in [3.63, 3.8) is 0 Å². The van der Waals surface area contributed by atoms with Crippen LogP contribution in [0.15, 0.2) is 0 Å². The van der Waals surface area contributed by atoms with Gasteiger partial charge in [0.1, 0.15) is 9.84 Å². The zero-order chi connectivity index (χ0) is 15.3. The Hall–Kier alpha value is -1.15. The van der Waals surface area contributed by atoms with E-state index in [4.69, 9.17) is 5.73 Å². The molecule has 0 aromatic rings. The van der Waals surface area contributed by atoms with Gasteiger partial charge in [0.15, 0.2) is 0 Å². The monoisotopic (exact) mass is 293 g/mol. The second-order valence-electron chi connectivity index (χ2n) is 5.54. The average molecular weight is 293 g/mol. The highest BCUT2D eigenvalue weighted by Crippen LogP contribution is 1.97. The summed E-state index contributed by atoms with van der Waals surface area (Å²) in [5, 5.41) is 5.05. The van der Waals surface area contributed by atoms with Crippen LogP contribution in [0.4, 0.5) is 0 Å². The zero-order valence-electron chi connectivity index (χ0n) is 11.8. The van der Waals surface area contributed by atoms with E-state index in [1.807, 2.05) is 20.8 Å². The van der Waals surface area contributed by atoms with Crippen LogP contribution in [-0.4, -0.2) is 50.4 Å². The molecule has 1 atom stereocenters. The molecule has 19 heavy (non-hydrogen) atoms. The van der Waals surface area contributed by atoms with Crippen LogP contribution in [0.2, 0.25) is 0 Å². The maximum absolute atomic E-state index is 11.5. The lowest BCUT2D eigenvalue weighted by Crippen LogP contribution is -2.49. The molecule has 7 nitrogen and oxygen atoms in total. The predicted molar refractivity (Wildman–Crippen MR) is 73.2 cm³/mol. The summed E-state index contributed by atoms with van der Waals surface area (Å²) in [4.78, 5) is 23.0. The molecular weight excluding hydrogens is 270 g/mol. The smallest absolute Gasteiger partial charge is 0.239 e. The summed E-state index contributed by atoms with van der Waals surface area (Å²) < 4.78 is 21.9. The van der Waals surface area contributed by atoms with Crippen LogP contribution in [0.25, 0.3) is 0 Å². The van der Waals surface area contributed by atoms with Gasteiger partial charge in [0.2, 0.25) is 11.8 Å². The summed E-state index contributed by atoms with van der Waals surface area (Å²) in [5.74, 6) is -1.01. The molecule has 0 saturated heterocycles. The maximum Gasteiger partial charge on any atom is 0.239 e. The second kappa shape index (κ2) is 6.85. The molecule has 0 aliphatic carbocycles. The summed E-state index contributed by atoms with van der Waals surface area (Å²) in [6.45, 7) is 5.29. The zero-order valence-corrected chi connectivity index (χ0v) is 12.6. The van der Waals surface area contributed by atoms with Gasteiger partial charge in [-0.05, 0) is 27.2 Å². The molecule has 112 valence electrons. The molecule has 0 aliphatic heterocycles. The van der Waals surface area contributed by atoms with Crippen molar-refractivity contribution in [3.8, 4) is 0 Å². The Labute approximate surface area is 114 Å². The lowest BCUT2D eigenvalue weighted by molar-refractivity contribution is -0.127. The van der Waals surface area contributed by atoms with Gasteiger partial charge in [-0.25, -0.2) is 8.42 Å². The molecule has 0 fully saturated rings. The van der Waals surface area contributed by atoms with Crippen molar-refractivity contribution in [2.45, 2.75) is 38.8 Å².